The van der Waals surface area contributed by atoms with Gasteiger partial charge in [-0.3, -0.25) is 4.57 Å². The van der Waals surface area contributed by atoms with Crippen LogP contribution >= 0.6 is 7.82 Å². The van der Waals surface area contributed by atoms with E-state index in [0.29, 0.717) is 5.75 Å². The molecule has 0 saturated carbocycles. The molecule has 0 spiro atoms. The summed E-state index contributed by atoms with van der Waals surface area (Å²) in [6, 6.07) is 6.86. The molecular weight excluding hydrogens is 323 g/mol. The lowest BCUT2D eigenvalue weighted by Gasteiger charge is -2.23. The lowest BCUT2D eigenvalue weighted by molar-refractivity contribution is -0.217. The standard InChI is InChI=1S/C19H33O4P/c1-3-4-5-6-7-8-9-10-11-12-17-22-24(20,21)23-19-15-13-18(2)14-16-19/h13-16H,3-12,17H2,1-2H3,(H,20,21)/p-1. The second-order valence-electron chi connectivity index (χ2n) is 6.37. The first kappa shape index (κ1) is 21.2. The van der Waals surface area contributed by atoms with Gasteiger partial charge in [0, 0.05) is 0 Å². The molecule has 0 N–H and O–H groups in total. The molecule has 0 radical (unpaired) electrons. The van der Waals surface area contributed by atoms with E-state index in [1.807, 2.05) is 6.92 Å². The molecule has 1 aromatic rings. The first-order valence-electron chi connectivity index (χ1n) is 9.25. The molecule has 0 saturated heterocycles. The number of unbranched alkanes of at least 4 members (excludes halogenated alkanes) is 9. The summed E-state index contributed by atoms with van der Waals surface area (Å²) < 4.78 is 21.6. The molecule has 0 heterocycles. The predicted molar refractivity (Wildman–Crippen MR) is 97.2 cm³/mol. The van der Waals surface area contributed by atoms with Crippen LogP contribution in [-0.4, -0.2) is 6.61 Å². The van der Waals surface area contributed by atoms with E-state index in [4.69, 9.17) is 9.05 Å². The molecule has 5 heteroatoms. The van der Waals surface area contributed by atoms with Crippen LogP contribution in [0.5, 0.6) is 5.75 Å². The van der Waals surface area contributed by atoms with E-state index < -0.39 is 7.82 Å². The summed E-state index contributed by atoms with van der Waals surface area (Å²) in [5.74, 6) is 0.294. The van der Waals surface area contributed by atoms with Gasteiger partial charge >= 0.3 is 7.82 Å². The van der Waals surface area contributed by atoms with Gasteiger partial charge in [0.1, 0.15) is 5.75 Å². The smallest absolute Gasteiger partial charge is 0.319 e. The summed E-state index contributed by atoms with van der Waals surface area (Å²) in [5.41, 5.74) is 1.05. The normalized spacial score (nSPS) is 13.6. The monoisotopic (exact) mass is 355 g/mol. The fourth-order valence-corrected chi connectivity index (χ4v) is 3.31. The molecule has 0 amide bonds. The number of hydrogen-bond acceptors (Lipinski definition) is 4. The molecule has 138 valence electrons. The lowest BCUT2D eigenvalue weighted by atomic mass is 10.1. The van der Waals surface area contributed by atoms with Crippen LogP contribution in [0.3, 0.4) is 0 Å². The van der Waals surface area contributed by atoms with Gasteiger partial charge in [-0.25, -0.2) is 0 Å². The Morgan fingerprint density at radius 3 is 1.92 bits per heavy atom. The SMILES string of the molecule is CCCCCCCCCCCCOP(=O)([O-])Oc1ccc(C)cc1. The largest absolute Gasteiger partial charge is 0.746 e. The van der Waals surface area contributed by atoms with Gasteiger partial charge in [0.2, 0.25) is 0 Å². The number of phosphoric acid groups is 1. The van der Waals surface area contributed by atoms with Crippen LogP contribution in [0.1, 0.15) is 76.7 Å². The molecule has 1 unspecified atom stereocenters. The minimum absolute atomic E-state index is 0.198. The van der Waals surface area contributed by atoms with Crippen molar-refractivity contribution in [1.82, 2.24) is 0 Å². The zero-order valence-electron chi connectivity index (χ0n) is 15.2. The lowest BCUT2D eigenvalue weighted by Crippen LogP contribution is -2.11. The molecule has 1 aromatic carbocycles. The number of aryl methyl sites for hydroxylation is 1. The van der Waals surface area contributed by atoms with Crippen molar-refractivity contribution in [3.63, 3.8) is 0 Å². The first-order valence-corrected chi connectivity index (χ1v) is 10.7. The average molecular weight is 355 g/mol. The van der Waals surface area contributed by atoms with E-state index in [1.165, 1.54) is 44.9 Å². The van der Waals surface area contributed by atoms with Crippen molar-refractivity contribution in [2.24, 2.45) is 0 Å². The van der Waals surface area contributed by atoms with Crippen molar-refractivity contribution in [1.29, 1.82) is 0 Å². The molecule has 0 aliphatic rings. The summed E-state index contributed by atoms with van der Waals surface area (Å²) in [5, 5.41) is 0. The first-order chi connectivity index (χ1) is 11.5. The zero-order valence-corrected chi connectivity index (χ0v) is 16.1. The maximum Gasteiger partial charge on any atom is 0.319 e. The predicted octanol–water partition coefficient (Wildman–Crippen LogP) is 5.78. The third-order valence-corrected chi connectivity index (χ3v) is 4.92. The van der Waals surface area contributed by atoms with E-state index in [-0.39, 0.29) is 6.61 Å². The summed E-state index contributed by atoms with van der Waals surface area (Å²) in [7, 11) is -4.26. The Morgan fingerprint density at radius 1 is 0.875 bits per heavy atom. The molecular formula is C19H32O4P-. The number of rotatable bonds is 14. The van der Waals surface area contributed by atoms with E-state index in [0.717, 1.165) is 24.8 Å². The van der Waals surface area contributed by atoms with Crippen LogP contribution in [0.15, 0.2) is 24.3 Å². The van der Waals surface area contributed by atoms with E-state index in [9.17, 15) is 9.46 Å². The van der Waals surface area contributed by atoms with E-state index in [2.05, 4.69) is 6.92 Å². The fourth-order valence-electron chi connectivity index (χ4n) is 2.52. The molecule has 1 rings (SSSR count). The van der Waals surface area contributed by atoms with Crippen LogP contribution in [0.25, 0.3) is 0 Å². The molecule has 1 atom stereocenters. The summed E-state index contributed by atoms with van der Waals surface area (Å²) in [6.45, 7) is 4.36. The Balaban J connectivity index is 2.01. The maximum absolute atomic E-state index is 11.7. The highest BCUT2D eigenvalue weighted by atomic mass is 31.2. The van der Waals surface area contributed by atoms with Crippen molar-refractivity contribution in [3.05, 3.63) is 29.8 Å². The van der Waals surface area contributed by atoms with Crippen molar-refractivity contribution in [3.8, 4) is 5.75 Å². The summed E-state index contributed by atoms with van der Waals surface area (Å²) >= 11 is 0. The van der Waals surface area contributed by atoms with Gasteiger partial charge in [-0.2, -0.15) is 0 Å². The topological polar surface area (TPSA) is 58.6 Å². The van der Waals surface area contributed by atoms with Crippen molar-refractivity contribution >= 4 is 7.82 Å². The number of hydrogen-bond donors (Lipinski definition) is 0. The van der Waals surface area contributed by atoms with Gasteiger partial charge in [0.05, 0.1) is 6.61 Å². The Morgan fingerprint density at radius 2 is 1.38 bits per heavy atom. The van der Waals surface area contributed by atoms with E-state index >= 15 is 0 Å². The molecule has 0 aromatic heterocycles. The minimum Gasteiger partial charge on any atom is -0.746 e. The third kappa shape index (κ3) is 10.9. The highest BCUT2D eigenvalue weighted by Gasteiger charge is 2.10. The van der Waals surface area contributed by atoms with Gasteiger partial charge in [0.25, 0.3) is 0 Å². The number of phosphoric ester groups is 1. The Hall–Kier alpha value is -0.830. The van der Waals surface area contributed by atoms with Crippen molar-refractivity contribution in [2.75, 3.05) is 6.61 Å². The van der Waals surface area contributed by atoms with Crippen molar-refractivity contribution in [2.45, 2.75) is 78.1 Å². The van der Waals surface area contributed by atoms with Crippen LogP contribution in [0, 0.1) is 6.92 Å². The Kier molecular flexibility index (Phi) is 11.1. The second kappa shape index (κ2) is 12.5. The fraction of sp³-hybridized carbons (Fsp3) is 0.684. The van der Waals surface area contributed by atoms with E-state index in [1.54, 1.807) is 24.3 Å². The Bertz CT molecular complexity index is 473. The highest BCUT2D eigenvalue weighted by Crippen LogP contribution is 2.39. The third-order valence-electron chi connectivity index (χ3n) is 3.99. The highest BCUT2D eigenvalue weighted by molar-refractivity contribution is 7.46. The quantitative estimate of drug-likeness (QED) is 0.313. The van der Waals surface area contributed by atoms with Gasteiger partial charge in [-0.05, 0) is 25.5 Å². The maximum atomic E-state index is 11.7. The van der Waals surface area contributed by atoms with Gasteiger partial charge in [-0.15, -0.1) is 0 Å². The summed E-state index contributed by atoms with van der Waals surface area (Å²) in [4.78, 5) is 11.7. The minimum atomic E-state index is -4.26. The Labute approximate surface area is 147 Å². The molecule has 0 bridgehead atoms. The molecule has 0 aliphatic heterocycles. The van der Waals surface area contributed by atoms with Gasteiger partial charge < -0.3 is 13.9 Å². The molecule has 24 heavy (non-hydrogen) atoms. The van der Waals surface area contributed by atoms with Gasteiger partial charge in [-0.1, -0.05) is 82.4 Å². The molecule has 0 aliphatic carbocycles. The zero-order chi connectivity index (χ0) is 17.7. The number of benzene rings is 1. The van der Waals surface area contributed by atoms with Crippen LogP contribution < -0.4 is 9.42 Å². The van der Waals surface area contributed by atoms with Crippen LogP contribution in [0.2, 0.25) is 0 Å². The average Bonchev–Trinajstić information content (AvgIpc) is 2.54. The molecule has 4 nitrogen and oxygen atoms in total. The molecule has 0 fully saturated rings. The van der Waals surface area contributed by atoms with Crippen LogP contribution in [-0.2, 0) is 9.09 Å². The van der Waals surface area contributed by atoms with Crippen LogP contribution in [0.4, 0.5) is 0 Å². The van der Waals surface area contributed by atoms with Crippen molar-refractivity contribution < 1.29 is 18.5 Å². The second-order valence-corrected chi connectivity index (χ2v) is 7.70. The van der Waals surface area contributed by atoms with Gasteiger partial charge in [0.15, 0.2) is 0 Å². The summed E-state index contributed by atoms with van der Waals surface area (Å²) in [6.07, 6.45) is 12.0.